The van der Waals surface area contributed by atoms with E-state index in [9.17, 15) is 22.4 Å². The smallest absolute Gasteiger partial charge is 0.417 e. The van der Waals surface area contributed by atoms with E-state index < -0.39 is 29.0 Å². The molecule has 4 N–H and O–H groups in total. The van der Waals surface area contributed by atoms with Gasteiger partial charge in [0.15, 0.2) is 5.65 Å². The van der Waals surface area contributed by atoms with Crippen molar-refractivity contribution in [2.24, 2.45) is 0 Å². The molecule has 1 aliphatic heterocycles. The number of halogens is 4. The van der Waals surface area contributed by atoms with Crippen molar-refractivity contribution in [3.05, 3.63) is 59.7 Å². The number of ether oxygens (including phenoxy) is 1. The summed E-state index contributed by atoms with van der Waals surface area (Å²) in [6.07, 6.45) is -1.84. The number of aromatic nitrogens is 4. The zero-order chi connectivity index (χ0) is 27.0. The second-order valence-electron chi connectivity index (χ2n) is 8.76. The first-order valence-electron chi connectivity index (χ1n) is 11.7. The average Bonchev–Trinajstić information content (AvgIpc) is 3.30. The number of amides is 1. The number of carbonyl (C=O) groups is 1. The number of benzene rings is 2. The minimum absolute atomic E-state index is 0.0453. The SMILES string of the molecule is COc1cc(-c2nn(C3CCNCC3)c3ncnc(N)c23)ccc1NC(=O)c1c(F)cccc1C(F)(F)F. The van der Waals surface area contributed by atoms with Crippen LogP contribution in [0.4, 0.5) is 29.1 Å². The van der Waals surface area contributed by atoms with Crippen LogP contribution in [0.5, 0.6) is 5.75 Å². The molecular weight excluding hydrogens is 506 g/mol. The summed E-state index contributed by atoms with van der Waals surface area (Å²) in [4.78, 5) is 21.3. The van der Waals surface area contributed by atoms with E-state index in [2.05, 4.69) is 20.6 Å². The number of fused-ring (bicyclic) bond motifs is 1. The lowest BCUT2D eigenvalue weighted by molar-refractivity contribution is -0.138. The maximum atomic E-state index is 14.3. The molecule has 4 aromatic rings. The second kappa shape index (κ2) is 9.89. The molecule has 0 saturated carbocycles. The van der Waals surface area contributed by atoms with Gasteiger partial charge in [-0.3, -0.25) is 4.79 Å². The van der Waals surface area contributed by atoms with E-state index in [1.807, 2.05) is 4.68 Å². The molecule has 38 heavy (non-hydrogen) atoms. The van der Waals surface area contributed by atoms with Gasteiger partial charge in [-0.25, -0.2) is 19.0 Å². The van der Waals surface area contributed by atoms with Crippen molar-refractivity contribution in [2.75, 3.05) is 31.2 Å². The minimum Gasteiger partial charge on any atom is -0.495 e. The van der Waals surface area contributed by atoms with Crippen LogP contribution in [0.3, 0.4) is 0 Å². The first-order valence-corrected chi connectivity index (χ1v) is 11.7. The van der Waals surface area contributed by atoms with Crippen molar-refractivity contribution >= 4 is 28.4 Å². The van der Waals surface area contributed by atoms with E-state index >= 15 is 0 Å². The fourth-order valence-corrected chi connectivity index (χ4v) is 4.62. The number of hydrogen-bond acceptors (Lipinski definition) is 7. The van der Waals surface area contributed by atoms with Crippen LogP contribution in [0.15, 0.2) is 42.7 Å². The molecule has 2 aromatic heterocycles. The topological polar surface area (TPSA) is 120 Å². The molecule has 0 unspecified atom stereocenters. The van der Waals surface area contributed by atoms with E-state index in [1.165, 1.54) is 19.5 Å². The molecule has 3 heterocycles. The van der Waals surface area contributed by atoms with Crippen LogP contribution in [0.25, 0.3) is 22.3 Å². The van der Waals surface area contributed by atoms with Gasteiger partial charge < -0.3 is 21.1 Å². The van der Waals surface area contributed by atoms with Gasteiger partial charge in [0.25, 0.3) is 5.91 Å². The van der Waals surface area contributed by atoms with Crippen molar-refractivity contribution in [3.8, 4) is 17.0 Å². The predicted molar refractivity (Wildman–Crippen MR) is 132 cm³/mol. The lowest BCUT2D eigenvalue weighted by Crippen LogP contribution is -2.30. The van der Waals surface area contributed by atoms with Crippen molar-refractivity contribution < 1.29 is 27.1 Å². The number of methoxy groups -OCH3 is 1. The Morgan fingerprint density at radius 3 is 2.66 bits per heavy atom. The Balaban J connectivity index is 1.53. The Kier molecular flexibility index (Phi) is 6.61. The van der Waals surface area contributed by atoms with Gasteiger partial charge in [-0.05, 0) is 50.2 Å². The molecule has 0 radical (unpaired) electrons. The molecule has 0 spiro atoms. The molecule has 5 rings (SSSR count). The number of nitrogens with one attached hydrogen (secondary N) is 2. The molecule has 0 bridgehead atoms. The Labute approximate surface area is 214 Å². The van der Waals surface area contributed by atoms with Gasteiger partial charge in [0.1, 0.15) is 29.4 Å². The molecule has 1 fully saturated rings. The van der Waals surface area contributed by atoms with Gasteiger partial charge in [0.2, 0.25) is 0 Å². The van der Waals surface area contributed by atoms with Crippen LogP contribution in [0.1, 0.15) is 34.8 Å². The van der Waals surface area contributed by atoms with Gasteiger partial charge >= 0.3 is 6.18 Å². The summed E-state index contributed by atoms with van der Waals surface area (Å²) >= 11 is 0. The standard InChI is InChI=1S/C25H23F4N7O2/c1-38-18-11-13(5-6-17(18)34-24(37)19-15(25(27,28)29)3-2-4-16(19)26)21-20-22(30)32-12-33-23(20)36(35-21)14-7-9-31-10-8-14/h2-6,11-12,14,31H,7-10H2,1H3,(H,34,37)(H2,30,32,33). The van der Waals surface area contributed by atoms with Crippen LogP contribution in [0.2, 0.25) is 0 Å². The molecule has 198 valence electrons. The first-order chi connectivity index (χ1) is 18.2. The van der Waals surface area contributed by atoms with Crippen molar-refractivity contribution in [2.45, 2.75) is 25.1 Å². The van der Waals surface area contributed by atoms with Crippen molar-refractivity contribution in [1.82, 2.24) is 25.1 Å². The zero-order valence-electron chi connectivity index (χ0n) is 20.1. The fraction of sp³-hybridized carbons (Fsp3) is 0.280. The third-order valence-electron chi connectivity index (χ3n) is 6.44. The second-order valence-corrected chi connectivity index (χ2v) is 8.76. The largest absolute Gasteiger partial charge is 0.495 e. The number of nitrogens with zero attached hydrogens (tertiary/aromatic N) is 4. The highest BCUT2D eigenvalue weighted by Crippen LogP contribution is 2.38. The third-order valence-corrected chi connectivity index (χ3v) is 6.44. The molecule has 1 aliphatic rings. The lowest BCUT2D eigenvalue weighted by atomic mass is 10.0. The quantitative estimate of drug-likeness (QED) is 0.328. The third kappa shape index (κ3) is 4.60. The zero-order valence-corrected chi connectivity index (χ0v) is 20.1. The first kappa shape index (κ1) is 25.4. The summed E-state index contributed by atoms with van der Waals surface area (Å²) in [6, 6.07) is 7.04. The van der Waals surface area contributed by atoms with Crippen LogP contribution < -0.4 is 21.1 Å². The Bertz CT molecular complexity index is 1510. The number of piperidine rings is 1. The summed E-state index contributed by atoms with van der Waals surface area (Å²) in [5, 5.41) is 11.0. The number of anilines is 2. The number of hydrogen-bond donors (Lipinski definition) is 3. The van der Waals surface area contributed by atoms with E-state index in [-0.39, 0.29) is 23.3 Å². The van der Waals surface area contributed by atoms with E-state index in [1.54, 1.807) is 12.1 Å². The van der Waals surface area contributed by atoms with Crippen LogP contribution in [0, 0.1) is 5.82 Å². The molecule has 0 aliphatic carbocycles. The Hall–Kier alpha value is -4.26. The summed E-state index contributed by atoms with van der Waals surface area (Å²) in [5.41, 5.74) is 5.38. The Morgan fingerprint density at radius 2 is 1.95 bits per heavy atom. The number of rotatable bonds is 5. The number of nitrogen functional groups attached to an aromatic ring is 1. The summed E-state index contributed by atoms with van der Waals surface area (Å²) in [5.74, 6) is -2.19. The van der Waals surface area contributed by atoms with Gasteiger partial charge in [-0.2, -0.15) is 18.3 Å². The van der Waals surface area contributed by atoms with Crippen LogP contribution in [-0.4, -0.2) is 45.9 Å². The van der Waals surface area contributed by atoms with Crippen LogP contribution >= 0.6 is 0 Å². The molecule has 1 amide bonds. The highest BCUT2D eigenvalue weighted by Gasteiger charge is 2.37. The number of carbonyl (C=O) groups excluding carboxylic acids is 1. The number of alkyl halides is 3. The maximum Gasteiger partial charge on any atom is 0.417 e. The molecule has 9 nitrogen and oxygen atoms in total. The summed E-state index contributed by atoms with van der Waals surface area (Å²) < 4.78 is 61.8. The average molecular weight is 529 g/mol. The van der Waals surface area contributed by atoms with Crippen molar-refractivity contribution in [1.29, 1.82) is 0 Å². The summed E-state index contributed by atoms with van der Waals surface area (Å²) in [7, 11) is 1.34. The molecule has 1 saturated heterocycles. The maximum absolute atomic E-state index is 14.3. The molecule has 2 aromatic carbocycles. The van der Waals surface area contributed by atoms with Gasteiger partial charge in [-0.15, -0.1) is 0 Å². The van der Waals surface area contributed by atoms with Crippen LogP contribution in [-0.2, 0) is 6.18 Å². The predicted octanol–water partition coefficient (Wildman–Crippen LogP) is 4.42. The van der Waals surface area contributed by atoms with E-state index in [0.29, 0.717) is 28.4 Å². The Morgan fingerprint density at radius 1 is 1.18 bits per heavy atom. The molecular formula is C25H23F4N7O2. The number of nitrogens with two attached hydrogens (primary N) is 1. The van der Waals surface area contributed by atoms with E-state index in [0.717, 1.165) is 38.1 Å². The highest BCUT2D eigenvalue weighted by atomic mass is 19.4. The lowest BCUT2D eigenvalue weighted by Gasteiger charge is -2.23. The van der Waals surface area contributed by atoms with E-state index in [4.69, 9.17) is 15.6 Å². The summed E-state index contributed by atoms with van der Waals surface area (Å²) in [6.45, 7) is 1.67. The van der Waals surface area contributed by atoms with Crippen molar-refractivity contribution in [3.63, 3.8) is 0 Å². The molecule has 0 atom stereocenters. The molecule has 13 heteroatoms. The van der Waals surface area contributed by atoms with Gasteiger partial charge in [0, 0.05) is 5.56 Å². The van der Waals surface area contributed by atoms with Gasteiger partial charge in [-0.1, -0.05) is 12.1 Å². The van der Waals surface area contributed by atoms with Gasteiger partial charge in [0.05, 0.1) is 35.4 Å². The monoisotopic (exact) mass is 529 g/mol. The normalized spacial score (nSPS) is 14.6. The fourth-order valence-electron chi connectivity index (χ4n) is 4.62. The minimum atomic E-state index is -4.92. The highest BCUT2D eigenvalue weighted by molar-refractivity contribution is 6.07.